The molecule has 24 heavy (non-hydrogen) atoms. The summed E-state index contributed by atoms with van der Waals surface area (Å²) in [5, 5.41) is 2.19. The minimum absolute atomic E-state index is 0.0630. The lowest BCUT2D eigenvalue weighted by Crippen LogP contribution is -2.36. The number of ether oxygens (including phenoxy) is 1. The average Bonchev–Trinajstić information content (AvgIpc) is 2.48. The van der Waals surface area contributed by atoms with E-state index < -0.39 is 24.7 Å². The van der Waals surface area contributed by atoms with Crippen LogP contribution in [0, 0.1) is 6.92 Å². The maximum atomic E-state index is 13.3. The van der Waals surface area contributed by atoms with E-state index in [0.29, 0.717) is 15.8 Å². The topological polar surface area (TPSA) is 38.3 Å². The fourth-order valence-corrected chi connectivity index (χ4v) is 2.56. The molecule has 0 fully saturated rings. The second-order valence-corrected chi connectivity index (χ2v) is 6.10. The van der Waals surface area contributed by atoms with Crippen LogP contribution < -0.4 is 10.1 Å². The molecule has 1 atom stereocenters. The number of nitrogens with one attached hydrogen (secondary N) is 1. The van der Waals surface area contributed by atoms with Crippen molar-refractivity contribution < 1.29 is 22.7 Å². The van der Waals surface area contributed by atoms with Crippen LogP contribution in [-0.2, 0) is 0 Å². The quantitative estimate of drug-likeness (QED) is 0.765. The molecule has 0 aliphatic heterocycles. The number of carbonyl (C=O) groups excluding carboxylic acids is 1. The van der Waals surface area contributed by atoms with Gasteiger partial charge in [-0.15, -0.1) is 0 Å². The van der Waals surface area contributed by atoms with E-state index in [-0.39, 0.29) is 5.56 Å². The van der Waals surface area contributed by atoms with Crippen LogP contribution >= 0.6 is 15.9 Å². The summed E-state index contributed by atoms with van der Waals surface area (Å²) in [5.41, 5.74) is 0.778. The molecule has 1 amide bonds. The first kappa shape index (κ1) is 18.3. The smallest absolute Gasteiger partial charge is 0.410 e. The van der Waals surface area contributed by atoms with Crippen molar-refractivity contribution >= 4 is 22.0 Å². The third-order valence-electron chi connectivity index (χ3n) is 3.39. The van der Waals surface area contributed by atoms with Crippen molar-refractivity contribution in [2.45, 2.75) is 19.0 Å². The number of para-hydroxylation sites is 1. The van der Waals surface area contributed by atoms with Gasteiger partial charge < -0.3 is 10.1 Å². The Bertz CT molecular complexity index is 719. The Morgan fingerprint density at radius 3 is 2.54 bits per heavy atom. The fourth-order valence-electron chi connectivity index (χ4n) is 2.14. The largest absolute Gasteiger partial charge is 0.412 e. The number of amides is 1. The van der Waals surface area contributed by atoms with Crippen molar-refractivity contribution in [1.82, 2.24) is 5.32 Å². The van der Waals surface area contributed by atoms with Crippen LogP contribution in [0.2, 0.25) is 0 Å². The molecule has 0 saturated carbocycles. The van der Waals surface area contributed by atoms with Crippen molar-refractivity contribution in [3.05, 3.63) is 64.1 Å². The van der Waals surface area contributed by atoms with Gasteiger partial charge in [0.15, 0.2) is 0 Å². The standard InChI is InChI=1S/C17H15BrF3NO2/c1-11-5-2-3-8-15(11)24-16(23)22-10-14(17(19,20)21)12-6-4-7-13(18)9-12/h2-9,14H,10H2,1H3,(H,22,23). The first-order valence-electron chi connectivity index (χ1n) is 7.11. The van der Waals surface area contributed by atoms with E-state index in [1.54, 1.807) is 37.3 Å². The molecule has 2 rings (SSSR count). The van der Waals surface area contributed by atoms with E-state index in [2.05, 4.69) is 21.2 Å². The van der Waals surface area contributed by atoms with Crippen LogP contribution in [0.3, 0.4) is 0 Å². The molecule has 0 heterocycles. The molecule has 0 aliphatic rings. The zero-order chi connectivity index (χ0) is 17.7. The zero-order valence-corrected chi connectivity index (χ0v) is 14.3. The number of hydrogen-bond donors (Lipinski definition) is 1. The van der Waals surface area contributed by atoms with Crippen molar-refractivity contribution in [3.63, 3.8) is 0 Å². The molecule has 1 N–H and O–H groups in total. The monoisotopic (exact) mass is 401 g/mol. The van der Waals surface area contributed by atoms with Gasteiger partial charge in [-0.1, -0.05) is 46.3 Å². The van der Waals surface area contributed by atoms with Gasteiger partial charge in [-0.2, -0.15) is 13.2 Å². The van der Waals surface area contributed by atoms with E-state index in [0.717, 1.165) is 0 Å². The van der Waals surface area contributed by atoms with Crippen molar-refractivity contribution in [2.75, 3.05) is 6.54 Å². The molecule has 128 valence electrons. The van der Waals surface area contributed by atoms with Crippen LogP contribution in [0.15, 0.2) is 53.0 Å². The summed E-state index contributed by atoms with van der Waals surface area (Å²) >= 11 is 3.15. The van der Waals surface area contributed by atoms with Gasteiger partial charge in [-0.05, 0) is 36.2 Å². The molecule has 0 saturated heterocycles. The molecule has 3 nitrogen and oxygen atoms in total. The highest BCUT2D eigenvalue weighted by atomic mass is 79.9. The first-order chi connectivity index (χ1) is 11.3. The van der Waals surface area contributed by atoms with E-state index in [9.17, 15) is 18.0 Å². The summed E-state index contributed by atoms with van der Waals surface area (Å²) in [4.78, 5) is 11.8. The van der Waals surface area contributed by atoms with Gasteiger partial charge in [0.2, 0.25) is 0 Å². The van der Waals surface area contributed by atoms with Gasteiger partial charge in [-0.25, -0.2) is 4.79 Å². The van der Waals surface area contributed by atoms with Crippen LogP contribution in [0.5, 0.6) is 5.75 Å². The second kappa shape index (κ2) is 7.70. The highest BCUT2D eigenvalue weighted by molar-refractivity contribution is 9.10. The highest BCUT2D eigenvalue weighted by Crippen LogP contribution is 2.35. The Morgan fingerprint density at radius 1 is 1.21 bits per heavy atom. The van der Waals surface area contributed by atoms with Crippen LogP contribution in [-0.4, -0.2) is 18.8 Å². The van der Waals surface area contributed by atoms with E-state index in [1.807, 2.05) is 0 Å². The Morgan fingerprint density at radius 2 is 1.92 bits per heavy atom. The Balaban J connectivity index is 2.06. The molecule has 0 aliphatic carbocycles. The predicted molar refractivity (Wildman–Crippen MR) is 88.1 cm³/mol. The third-order valence-corrected chi connectivity index (χ3v) is 3.89. The predicted octanol–water partition coefficient (Wildman–Crippen LogP) is 5.19. The molecule has 0 aromatic heterocycles. The summed E-state index contributed by atoms with van der Waals surface area (Å²) in [6.07, 6.45) is -5.41. The summed E-state index contributed by atoms with van der Waals surface area (Å²) in [6, 6.07) is 12.7. The van der Waals surface area contributed by atoms with Gasteiger partial charge in [0, 0.05) is 11.0 Å². The first-order valence-corrected chi connectivity index (χ1v) is 7.90. The lowest BCUT2D eigenvalue weighted by Gasteiger charge is -2.21. The van der Waals surface area contributed by atoms with Crippen molar-refractivity contribution in [3.8, 4) is 5.75 Å². The molecule has 0 spiro atoms. The van der Waals surface area contributed by atoms with Crippen LogP contribution in [0.25, 0.3) is 0 Å². The number of aryl methyl sites for hydroxylation is 1. The van der Waals surface area contributed by atoms with Gasteiger partial charge in [0.05, 0.1) is 5.92 Å². The minimum atomic E-state index is -4.49. The SMILES string of the molecule is Cc1ccccc1OC(=O)NCC(c1cccc(Br)c1)C(F)(F)F. The molecular weight excluding hydrogens is 387 g/mol. The van der Waals surface area contributed by atoms with Gasteiger partial charge >= 0.3 is 12.3 Å². The lowest BCUT2D eigenvalue weighted by atomic mass is 9.98. The van der Waals surface area contributed by atoms with Crippen LogP contribution in [0.1, 0.15) is 17.0 Å². The highest BCUT2D eigenvalue weighted by Gasteiger charge is 2.41. The van der Waals surface area contributed by atoms with Gasteiger partial charge in [-0.3, -0.25) is 0 Å². The van der Waals surface area contributed by atoms with E-state index in [1.165, 1.54) is 18.2 Å². The van der Waals surface area contributed by atoms with E-state index in [4.69, 9.17) is 4.74 Å². The number of benzene rings is 2. The Labute approximate surface area is 146 Å². The third kappa shape index (κ3) is 4.99. The molecule has 0 radical (unpaired) electrons. The Kier molecular flexibility index (Phi) is 5.88. The number of alkyl halides is 3. The maximum absolute atomic E-state index is 13.3. The van der Waals surface area contributed by atoms with Crippen LogP contribution in [0.4, 0.5) is 18.0 Å². The summed E-state index contributed by atoms with van der Waals surface area (Å²) in [7, 11) is 0. The van der Waals surface area contributed by atoms with Crippen molar-refractivity contribution in [2.24, 2.45) is 0 Å². The number of carbonyl (C=O) groups is 1. The number of halogens is 4. The second-order valence-electron chi connectivity index (χ2n) is 5.19. The minimum Gasteiger partial charge on any atom is -0.410 e. The molecule has 2 aromatic carbocycles. The molecule has 0 bridgehead atoms. The summed E-state index contributed by atoms with van der Waals surface area (Å²) < 4.78 is 45.4. The lowest BCUT2D eigenvalue weighted by molar-refractivity contribution is -0.149. The maximum Gasteiger partial charge on any atom is 0.412 e. The number of hydrogen-bond acceptors (Lipinski definition) is 2. The molecule has 2 aromatic rings. The molecule has 1 unspecified atom stereocenters. The molecule has 7 heteroatoms. The average molecular weight is 402 g/mol. The van der Waals surface area contributed by atoms with Crippen molar-refractivity contribution in [1.29, 1.82) is 0 Å². The Hall–Kier alpha value is -2.02. The summed E-state index contributed by atoms with van der Waals surface area (Å²) in [5.74, 6) is -1.51. The van der Waals surface area contributed by atoms with E-state index >= 15 is 0 Å². The fraction of sp³-hybridized carbons (Fsp3) is 0.235. The van der Waals surface area contributed by atoms with Gasteiger partial charge in [0.1, 0.15) is 5.75 Å². The zero-order valence-electron chi connectivity index (χ0n) is 12.7. The van der Waals surface area contributed by atoms with Gasteiger partial charge in [0.25, 0.3) is 0 Å². The number of rotatable bonds is 4. The molecular formula is C17H15BrF3NO2. The normalized spacial score (nSPS) is 12.5. The summed E-state index contributed by atoms with van der Waals surface area (Å²) in [6.45, 7) is 1.13.